The molecule has 5 heteroatoms. The van der Waals surface area contributed by atoms with E-state index in [-0.39, 0.29) is 0 Å². The zero-order valence-electron chi connectivity index (χ0n) is 12.5. The molecule has 2 aliphatic heterocycles. The van der Waals surface area contributed by atoms with Crippen LogP contribution < -0.4 is 5.32 Å². The predicted molar refractivity (Wildman–Crippen MR) is 86.3 cm³/mol. The summed E-state index contributed by atoms with van der Waals surface area (Å²) in [4.78, 5) is 3.89. The zero-order chi connectivity index (χ0) is 14.3. The number of aryl methyl sites for hydroxylation is 1. The predicted octanol–water partition coefficient (Wildman–Crippen LogP) is 2.33. The molecule has 1 spiro atoms. The quantitative estimate of drug-likeness (QED) is 0.945. The summed E-state index contributed by atoms with van der Waals surface area (Å²) in [5.74, 6) is 0. The lowest BCUT2D eigenvalue weighted by Gasteiger charge is -2.22. The Morgan fingerprint density at radius 1 is 1.43 bits per heavy atom. The lowest BCUT2D eigenvalue weighted by atomic mass is 9.86. The van der Waals surface area contributed by atoms with E-state index in [0.717, 1.165) is 12.2 Å². The molecule has 21 heavy (non-hydrogen) atoms. The Hall–Kier alpha value is -1.17. The van der Waals surface area contributed by atoms with Crippen molar-refractivity contribution in [1.82, 2.24) is 20.0 Å². The van der Waals surface area contributed by atoms with Gasteiger partial charge in [0.25, 0.3) is 0 Å². The molecule has 0 saturated carbocycles. The highest BCUT2D eigenvalue weighted by molar-refractivity contribution is 7.13. The molecule has 0 bridgehead atoms. The van der Waals surface area contributed by atoms with Gasteiger partial charge in [-0.3, -0.25) is 9.58 Å². The van der Waals surface area contributed by atoms with Crippen LogP contribution in [0.3, 0.4) is 0 Å². The maximum atomic E-state index is 4.67. The van der Waals surface area contributed by atoms with Crippen LogP contribution in [0.15, 0.2) is 23.7 Å². The first kappa shape index (κ1) is 13.5. The van der Waals surface area contributed by atoms with Crippen molar-refractivity contribution in [2.24, 2.45) is 12.5 Å². The van der Waals surface area contributed by atoms with Crippen molar-refractivity contribution in [1.29, 1.82) is 0 Å². The molecule has 4 heterocycles. The highest BCUT2D eigenvalue weighted by Gasteiger charge is 2.40. The van der Waals surface area contributed by atoms with Crippen molar-refractivity contribution in [3.05, 3.63) is 29.3 Å². The Balaban J connectivity index is 1.53. The van der Waals surface area contributed by atoms with Gasteiger partial charge in [0, 0.05) is 38.4 Å². The van der Waals surface area contributed by atoms with Gasteiger partial charge in [-0.05, 0) is 42.8 Å². The Kier molecular flexibility index (Phi) is 3.36. The van der Waals surface area contributed by atoms with E-state index >= 15 is 0 Å². The smallest absolute Gasteiger partial charge is 0.107 e. The summed E-state index contributed by atoms with van der Waals surface area (Å²) in [7, 11) is 2.02. The number of thiophene rings is 1. The summed E-state index contributed by atoms with van der Waals surface area (Å²) < 4.78 is 1.95. The van der Waals surface area contributed by atoms with Crippen LogP contribution in [0, 0.1) is 5.41 Å². The van der Waals surface area contributed by atoms with Crippen molar-refractivity contribution in [3.63, 3.8) is 0 Å². The van der Waals surface area contributed by atoms with Crippen LogP contribution in [0.25, 0.3) is 10.6 Å². The molecular formula is C16H22N4S. The van der Waals surface area contributed by atoms with Crippen molar-refractivity contribution in [2.75, 3.05) is 26.2 Å². The minimum atomic E-state index is 0.547. The van der Waals surface area contributed by atoms with Gasteiger partial charge in [0.2, 0.25) is 0 Å². The lowest BCUT2D eigenvalue weighted by Crippen LogP contribution is -2.28. The molecule has 2 fully saturated rings. The molecule has 1 unspecified atom stereocenters. The van der Waals surface area contributed by atoms with Gasteiger partial charge in [0.05, 0.1) is 4.88 Å². The van der Waals surface area contributed by atoms with E-state index in [1.807, 2.05) is 11.7 Å². The van der Waals surface area contributed by atoms with Crippen molar-refractivity contribution in [3.8, 4) is 10.6 Å². The minimum absolute atomic E-state index is 0.547. The topological polar surface area (TPSA) is 33.1 Å². The average molecular weight is 302 g/mol. The largest absolute Gasteiger partial charge is 0.316 e. The number of hydrogen-bond acceptors (Lipinski definition) is 4. The number of aromatic nitrogens is 2. The first-order chi connectivity index (χ1) is 10.2. The molecule has 4 nitrogen and oxygen atoms in total. The van der Waals surface area contributed by atoms with Crippen LogP contribution in [-0.4, -0.2) is 40.9 Å². The molecule has 0 aromatic carbocycles. The molecule has 112 valence electrons. The first-order valence-electron chi connectivity index (χ1n) is 7.74. The number of hydrogen-bond donors (Lipinski definition) is 1. The van der Waals surface area contributed by atoms with Gasteiger partial charge in [-0.15, -0.1) is 11.3 Å². The molecule has 0 aliphatic carbocycles. The van der Waals surface area contributed by atoms with E-state index in [2.05, 4.69) is 39.0 Å². The van der Waals surface area contributed by atoms with E-state index in [0.29, 0.717) is 5.41 Å². The number of nitrogens with zero attached hydrogens (tertiary/aromatic N) is 3. The maximum Gasteiger partial charge on any atom is 0.107 e. The van der Waals surface area contributed by atoms with E-state index in [1.54, 1.807) is 11.3 Å². The Bertz CT molecular complexity index is 610. The second-order valence-corrected chi connectivity index (χ2v) is 7.49. The van der Waals surface area contributed by atoms with Gasteiger partial charge in [-0.2, -0.15) is 5.10 Å². The fourth-order valence-corrected chi connectivity index (χ4v) is 4.57. The fraction of sp³-hybridized carbons (Fsp3) is 0.562. The number of nitrogens with one attached hydrogen (secondary N) is 1. The molecule has 0 amide bonds. The average Bonchev–Trinajstić information content (AvgIpc) is 3.21. The molecule has 2 saturated heterocycles. The van der Waals surface area contributed by atoms with Crippen LogP contribution in [0.2, 0.25) is 0 Å². The van der Waals surface area contributed by atoms with Gasteiger partial charge >= 0.3 is 0 Å². The van der Waals surface area contributed by atoms with Crippen LogP contribution in [0.4, 0.5) is 0 Å². The summed E-state index contributed by atoms with van der Waals surface area (Å²) in [5, 5.41) is 10.3. The van der Waals surface area contributed by atoms with E-state index in [4.69, 9.17) is 0 Å². The van der Waals surface area contributed by atoms with Crippen LogP contribution >= 0.6 is 11.3 Å². The highest BCUT2D eigenvalue weighted by atomic mass is 32.1. The molecule has 2 aromatic rings. The second kappa shape index (κ2) is 5.23. The molecule has 4 rings (SSSR count). The monoisotopic (exact) mass is 302 g/mol. The normalized spacial score (nSPS) is 26.1. The molecule has 0 radical (unpaired) electrons. The first-order valence-corrected chi connectivity index (χ1v) is 8.62. The third kappa shape index (κ3) is 2.54. The minimum Gasteiger partial charge on any atom is -0.316 e. The van der Waals surface area contributed by atoms with Crippen molar-refractivity contribution >= 4 is 11.3 Å². The number of rotatable bonds is 3. The Morgan fingerprint density at radius 2 is 2.38 bits per heavy atom. The maximum absolute atomic E-state index is 4.67. The molecule has 1 atom stereocenters. The summed E-state index contributed by atoms with van der Waals surface area (Å²) in [6.45, 7) is 5.89. The van der Waals surface area contributed by atoms with Crippen LogP contribution in [0.5, 0.6) is 0 Å². The summed E-state index contributed by atoms with van der Waals surface area (Å²) in [6.07, 6.45) is 4.87. The van der Waals surface area contributed by atoms with E-state index in [1.165, 1.54) is 49.5 Å². The molecular weight excluding hydrogens is 280 g/mol. The molecule has 2 aromatic heterocycles. The standard InChI is InChI=1S/C16H22N4S/c1-19-9-13(15(18-19)14-3-2-8-21-14)10-20-7-5-16(12-20)4-6-17-11-16/h2-3,8-9,17H,4-7,10-12H2,1H3. The van der Waals surface area contributed by atoms with Gasteiger partial charge < -0.3 is 5.32 Å². The lowest BCUT2D eigenvalue weighted by molar-refractivity contribution is 0.269. The summed E-state index contributed by atoms with van der Waals surface area (Å²) in [5.41, 5.74) is 3.08. The molecule has 1 N–H and O–H groups in total. The summed E-state index contributed by atoms with van der Waals surface area (Å²) >= 11 is 1.78. The zero-order valence-corrected chi connectivity index (χ0v) is 13.3. The molecule has 2 aliphatic rings. The Morgan fingerprint density at radius 3 is 3.14 bits per heavy atom. The Labute approximate surface area is 129 Å². The van der Waals surface area contributed by atoms with Gasteiger partial charge in [0.15, 0.2) is 0 Å². The van der Waals surface area contributed by atoms with Gasteiger partial charge in [-0.1, -0.05) is 6.07 Å². The number of likely N-dealkylation sites (tertiary alicyclic amines) is 1. The van der Waals surface area contributed by atoms with Crippen LogP contribution in [-0.2, 0) is 13.6 Å². The van der Waals surface area contributed by atoms with E-state index < -0.39 is 0 Å². The van der Waals surface area contributed by atoms with E-state index in [9.17, 15) is 0 Å². The second-order valence-electron chi connectivity index (χ2n) is 6.54. The van der Waals surface area contributed by atoms with Gasteiger partial charge in [-0.25, -0.2) is 0 Å². The van der Waals surface area contributed by atoms with Gasteiger partial charge in [0.1, 0.15) is 5.69 Å². The fourth-order valence-electron chi connectivity index (χ4n) is 3.82. The van der Waals surface area contributed by atoms with Crippen molar-refractivity contribution < 1.29 is 0 Å². The summed E-state index contributed by atoms with van der Waals surface area (Å²) in [6, 6.07) is 4.27. The SMILES string of the molecule is Cn1cc(CN2CCC3(CCNC3)C2)c(-c2cccs2)n1. The third-order valence-corrected chi connectivity index (χ3v) is 5.78. The highest BCUT2D eigenvalue weighted by Crippen LogP contribution is 2.37. The van der Waals surface area contributed by atoms with Crippen molar-refractivity contribution in [2.45, 2.75) is 19.4 Å². The van der Waals surface area contributed by atoms with Crippen LogP contribution in [0.1, 0.15) is 18.4 Å². The third-order valence-electron chi connectivity index (χ3n) is 4.90.